The molecule has 0 aliphatic carbocycles. The van der Waals surface area contributed by atoms with Gasteiger partial charge < -0.3 is 4.74 Å². The molecule has 1 unspecified atom stereocenters. The first-order chi connectivity index (χ1) is 9.56. The second-order valence-electron chi connectivity index (χ2n) is 4.16. The molecule has 0 amide bonds. The van der Waals surface area contributed by atoms with Gasteiger partial charge in [0.2, 0.25) is 0 Å². The molecule has 0 spiro atoms. The molecule has 2 aromatic rings. The van der Waals surface area contributed by atoms with E-state index in [1.54, 1.807) is 6.07 Å². The van der Waals surface area contributed by atoms with Crippen molar-refractivity contribution in [1.29, 1.82) is 0 Å². The summed E-state index contributed by atoms with van der Waals surface area (Å²) in [6.07, 6.45) is 0. The van der Waals surface area contributed by atoms with Crippen LogP contribution in [-0.2, 0) is 0 Å². The Morgan fingerprint density at radius 2 is 1.90 bits per heavy atom. The Balaban J connectivity index is 2.46. The first-order valence-corrected chi connectivity index (χ1v) is 6.19. The Morgan fingerprint density at radius 3 is 2.50 bits per heavy atom. The Kier molecular flexibility index (Phi) is 4.54. The van der Waals surface area contributed by atoms with Crippen molar-refractivity contribution in [3.63, 3.8) is 0 Å². The summed E-state index contributed by atoms with van der Waals surface area (Å²) in [4.78, 5) is 0. The number of methoxy groups -OCH3 is 1. The van der Waals surface area contributed by atoms with Crippen molar-refractivity contribution in [2.45, 2.75) is 6.04 Å². The quantitative estimate of drug-likeness (QED) is 0.673. The van der Waals surface area contributed by atoms with Gasteiger partial charge in [-0.25, -0.2) is 14.2 Å². The standard InChI is InChI=1S/C14H13ClF2N2O/c1-20-13-5-2-8(6-12(13)17)14(19-18)10-7-9(15)3-4-11(10)16/h2-7,14,19H,18H2,1H3. The normalized spacial score (nSPS) is 12.2. The third-order valence-corrected chi connectivity index (χ3v) is 3.18. The lowest BCUT2D eigenvalue weighted by Gasteiger charge is -2.18. The lowest BCUT2D eigenvalue weighted by molar-refractivity contribution is 0.385. The van der Waals surface area contributed by atoms with Crippen LogP contribution >= 0.6 is 11.6 Å². The molecule has 0 heterocycles. The van der Waals surface area contributed by atoms with E-state index in [4.69, 9.17) is 22.2 Å². The molecule has 0 bridgehead atoms. The van der Waals surface area contributed by atoms with Crippen LogP contribution in [0.15, 0.2) is 36.4 Å². The topological polar surface area (TPSA) is 47.3 Å². The third-order valence-electron chi connectivity index (χ3n) is 2.94. The van der Waals surface area contributed by atoms with Crippen LogP contribution in [0.25, 0.3) is 0 Å². The van der Waals surface area contributed by atoms with Gasteiger partial charge in [-0.05, 0) is 35.9 Å². The number of ether oxygens (including phenoxy) is 1. The number of nitrogens with two attached hydrogens (primary N) is 1. The lowest BCUT2D eigenvalue weighted by atomic mass is 9.98. The van der Waals surface area contributed by atoms with Gasteiger partial charge in [0.25, 0.3) is 0 Å². The van der Waals surface area contributed by atoms with E-state index in [-0.39, 0.29) is 11.3 Å². The smallest absolute Gasteiger partial charge is 0.165 e. The predicted molar refractivity (Wildman–Crippen MR) is 73.5 cm³/mol. The Labute approximate surface area is 120 Å². The van der Waals surface area contributed by atoms with E-state index >= 15 is 0 Å². The van der Waals surface area contributed by atoms with Gasteiger partial charge in [0.15, 0.2) is 11.6 Å². The molecule has 6 heteroatoms. The van der Waals surface area contributed by atoms with Gasteiger partial charge in [0.1, 0.15) is 5.82 Å². The molecule has 0 radical (unpaired) electrons. The number of halogens is 3. The molecule has 3 nitrogen and oxygen atoms in total. The fourth-order valence-corrected chi connectivity index (χ4v) is 2.14. The fraction of sp³-hybridized carbons (Fsp3) is 0.143. The number of hydrazine groups is 1. The molecular weight excluding hydrogens is 286 g/mol. The summed E-state index contributed by atoms with van der Waals surface area (Å²) in [5, 5.41) is 0.371. The third kappa shape index (κ3) is 2.90. The summed E-state index contributed by atoms with van der Waals surface area (Å²) in [5.74, 6) is 4.54. The summed E-state index contributed by atoms with van der Waals surface area (Å²) < 4.78 is 32.4. The average molecular weight is 299 g/mol. The zero-order chi connectivity index (χ0) is 14.7. The van der Waals surface area contributed by atoms with Crippen molar-refractivity contribution >= 4 is 11.6 Å². The zero-order valence-electron chi connectivity index (χ0n) is 10.7. The Morgan fingerprint density at radius 1 is 1.15 bits per heavy atom. The van der Waals surface area contributed by atoms with E-state index in [2.05, 4.69) is 5.43 Å². The number of benzene rings is 2. The number of hydrogen-bond donors (Lipinski definition) is 2. The maximum absolute atomic E-state index is 13.9. The minimum atomic E-state index is -0.714. The van der Waals surface area contributed by atoms with Gasteiger partial charge in [-0.3, -0.25) is 5.84 Å². The van der Waals surface area contributed by atoms with Crippen molar-refractivity contribution < 1.29 is 13.5 Å². The first kappa shape index (κ1) is 14.7. The van der Waals surface area contributed by atoms with Gasteiger partial charge in [0, 0.05) is 10.6 Å². The van der Waals surface area contributed by atoms with Crippen LogP contribution < -0.4 is 16.0 Å². The monoisotopic (exact) mass is 298 g/mol. The molecule has 0 aliphatic heterocycles. The zero-order valence-corrected chi connectivity index (χ0v) is 11.4. The molecule has 3 N–H and O–H groups in total. The van der Waals surface area contributed by atoms with E-state index in [9.17, 15) is 8.78 Å². The molecule has 0 saturated heterocycles. The van der Waals surface area contributed by atoms with Crippen LogP contribution in [0.3, 0.4) is 0 Å². The minimum absolute atomic E-state index is 0.107. The van der Waals surface area contributed by atoms with Crippen LogP contribution in [0.2, 0.25) is 5.02 Å². The van der Waals surface area contributed by atoms with Gasteiger partial charge in [-0.15, -0.1) is 0 Å². The Hall–Kier alpha value is -1.69. The molecule has 106 valence electrons. The average Bonchev–Trinajstić information content (AvgIpc) is 2.44. The van der Waals surface area contributed by atoms with E-state index < -0.39 is 17.7 Å². The van der Waals surface area contributed by atoms with Gasteiger partial charge in [0.05, 0.1) is 13.2 Å². The first-order valence-electron chi connectivity index (χ1n) is 5.81. The molecule has 1 atom stereocenters. The van der Waals surface area contributed by atoms with Gasteiger partial charge in [-0.1, -0.05) is 17.7 Å². The fourth-order valence-electron chi connectivity index (χ4n) is 1.96. The molecule has 0 fully saturated rings. The SMILES string of the molecule is COc1ccc(C(NN)c2cc(Cl)ccc2F)cc1F. The van der Waals surface area contributed by atoms with Crippen molar-refractivity contribution in [3.8, 4) is 5.75 Å². The summed E-state index contributed by atoms with van der Waals surface area (Å²) in [5.41, 5.74) is 3.17. The molecule has 20 heavy (non-hydrogen) atoms. The van der Waals surface area contributed by atoms with Crippen molar-refractivity contribution in [2.24, 2.45) is 5.84 Å². The number of nitrogens with one attached hydrogen (secondary N) is 1. The summed E-state index contributed by atoms with van der Waals surface area (Å²) in [6, 6.07) is 7.70. The molecule has 2 rings (SSSR count). The van der Waals surface area contributed by atoms with E-state index in [0.29, 0.717) is 10.6 Å². The number of hydrogen-bond acceptors (Lipinski definition) is 3. The molecule has 2 aromatic carbocycles. The van der Waals surface area contributed by atoms with Crippen LogP contribution in [0.5, 0.6) is 5.75 Å². The molecule has 0 saturated carbocycles. The highest BCUT2D eigenvalue weighted by Gasteiger charge is 2.18. The van der Waals surface area contributed by atoms with Gasteiger partial charge in [-0.2, -0.15) is 0 Å². The highest BCUT2D eigenvalue weighted by Crippen LogP contribution is 2.29. The second kappa shape index (κ2) is 6.17. The predicted octanol–water partition coefficient (Wildman–Crippen LogP) is 3.18. The number of rotatable bonds is 4. The maximum atomic E-state index is 13.9. The summed E-state index contributed by atoms with van der Waals surface area (Å²) >= 11 is 5.85. The van der Waals surface area contributed by atoms with Crippen molar-refractivity contribution in [1.82, 2.24) is 5.43 Å². The second-order valence-corrected chi connectivity index (χ2v) is 4.60. The molecular formula is C14H13ClF2N2O. The van der Waals surface area contributed by atoms with Crippen molar-refractivity contribution in [2.75, 3.05) is 7.11 Å². The van der Waals surface area contributed by atoms with Gasteiger partial charge >= 0.3 is 0 Å². The molecule has 0 aliphatic rings. The maximum Gasteiger partial charge on any atom is 0.165 e. The summed E-state index contributed by atoms with van der Waals surface area (Å²) in [6.45, 7) is 0. The summed E-state index contributed by atoms with van der Waals surface area (Å²) in [7, 11) is 1.37. The minimum Gasteiger partial charge on any atom is -0.494 e. The van der Waals surface area contributed by atoms with E-state index in [1.807, 2.05) is 0 Å². The lowest BCUT2D eigenvalue weighted by Crippen LogP contribution is -2.29. The largest absolute Gasteiger partial charge is 0.494 e. The highest BCUT2D eigenvalue weighted by molar-refractivity contribution is 6.30. The van der Waals surface area contributed by atoms with Crippen molar-refractivity contribution in [3.05, 3.63) is 64.2 Å². The highest BCUT2D eigenvalue weighted by atomic mass is 35.5. The Bertz CT molecular complexity index is 622. The van der Waals surface area contributed by atoms with Crippen LogP contribution in [0, 0.1) is 11.6 Å². The van der Waals surface area contributed by atoms with Crippen LogP contribution in [-0.4, -0.2) is 7.11 Å². The van der Waals surface area contributed by atoms with E-state index in [1.165, 1.54) is 37.4 Å². The van der Waals surface area contributed by atoms with E-state index in [0.717, 1.165) is 0 Å². The molecule has 0 aromatic heterocycles. The van der Waals surface area contributed by atoms with Crippen LogP contribution in [0.1, 0.15) is 17.2 Å². The van der Waals surface area contributed by atoms with Crippen LogP contribution in [0.4, 0.5) is 8.78 Å².